The lowest BCUT2D eigenvalue weighted by Gasteiger charge is -2.43. The van der Waals surface area contributed by atoms with Gasteiger partial charge in [-0.3, -0.25) is 4.98 Å². The molecule has 0 unspecified atom stereocenters. The number of methoxy groups -OCH3 is 1. The fourth-order valence-electron chi connectivity index (χ4n) is 4.30. The van der Waals surface area contributed by atoms with E-state index in [1.807, 2.05) is 12.1 Å². The largest absolute Gasteiger partial charge is 0.385 e. The van der Waals surface area contributed by atoms with Crippen LogP contribution in [0.4, 0.5) is 0 Å². The average Bonchev–Trinajstić information content (AvgIpc) is 3.25. The molecule has 2 saturated heterocycles. The molecular formula is C20H28N4O3. The Morgan fingerprint density at radius 1 is 1.19 bits per heavy atom. The third kappa shape index (κ3) is 4.05. The molecule has 4 heterocycles. The van der Waals surface area contributed by atoms with E-state index in [2.05, 4.69) is 15.0 Å². The summed E-state index contributed by atoms with van der Waals surface area (Å²) in [4.78, 5) is 11.4. The van der Waals surface area contributed by atoms with Crippen LogP contribution >= 0.6 is 0 Å². The molecule has 4 rings (SSSR count). The molecule has 7 nitrogen and oxygen atoms in total. The first-order valence-electron chi connectivity index (χ1n) is 9.86. The summed E-state index contributed by atoms with van der Waals surface area (Å²) >= 11 is 0. The van der Waals surface area contributed by atoms with Crippen LogP contribution in [0.1, 0.15) is 37.9 Å². The minimum atomic E-state index is -0.0769. The number of aromatic nitrogens is 3. The maximum absolute atomic E-state index is 5.59. The molecule has 2 aromatic rings. The molecule has 0 atom stereocenters. The van der Waals surface area contributed by atoms with Crippen LogP contribution in [0.15, 0.2) is 29.0 Å². The Hall–Kier alpha value is -1.83. The minimum absolute atomic E-state index is 0.0769. The zero-order chi connectivity index (χ0) is 18.5. The van der Waals surface area contributed by atoms with Crippen LogP contribution in [0.25, 0.3) is 11.5 Å². The maximum atomic E-state index is 5.59. The van der Waals surface area contributed by atoms with E-state index in [9.17, 15) is 0 Å². The highest BCUT2D eigenvalue weighted by Gasteiger charge is 2.41. The fourth-order valence-corrected chi connectivity index (χ4v) is 4.30. The number of hydrogen-bond acceptors (Lipinski definition) is 7. The van der Waals surface area contributed by atoms with Crippen molar-refractivity contribution in [2.75, 3.05) is 40.0 Å². The normalized spacial score (nSPS) is 21.4. The zero-order valence-electron chi connectivity index (χ0n) is 16.0. The Bertz CT molecular complexity index is 707. The summed E-state index contributed by atoms with van der Waals surface area (Å²) < 4.78 is 16.5. The highest BCUT2D eigenvalue weighted by atomic mass is 16.5. The number of ether oxygens (including phenoxy) is 2. The van der Waals surface area contributed by atoms with Gasteiger partial charge in [0.25, 0.3) is 5.89 Å². The van der Waals surface area contributed by atoms with Crippen molar-refractivity contribution in [1.29, 1.82) is 0 Å². The van der Waals surface area contributed by atoms with Crippen molar-refractivity contribution in [2.45, 2.75) is 43.6 Å². The molecule has 0 N–H and O–H groups in total. The summed E-state index contributed by atoms with van der Waals surface area (Å²) in [6.07, 6.45) is 8.74. The Labute approximate surface area is 160 Å². The van der Waals surface area contributed by atoms with Gasteiger partial charge in [-0.2, -0.15) is 4.98 Å². The van der Waals surface area contributed by atoms with Crippen LogP contribution in [0, 0.1) is 0 Å². The van der Waals surface area contributed by atoms with Crippen LogP contribution in [-0.4, -0.2) is 66.1 Å². The highest BCUT2D eigenvalue weighted by Crippen LogP contribution is 2.39. The molecule has 27 heavy (non-hydrogen) atoms. The molecule has 146 valence electrons. The third-order valence-electron chi connectivity index (χ3n) is 6.07. The van der Waals surface area contributed by atoms with Gasteiger partial charge in [-0.05, 0) is 57.3 Å². The van der Waals surface area contributed by atoms with Gasteiger partial charge in [0.2, 0.25) is 0 Å². The minimum Gasteiger partial charge on any atom is -0.385 e. The molecule has 2 aromatic heterocycles. The summed E-state index contributed by atoms with van der Waals surface area (Å²) in [5.41, 5.74) is 0.831. The number of pyridine rings is 1. The van der Waals surface area contributed by atoms with Crippen molar-refractivity contribution < 1.29 is 14.0 Å². The predicted molar refractivity (Wildman–Crippen MR) is 100 cm³/mol. The second-order valence-electron chi connectivity index (χ2n) is 7.56. The maximum Gasteiger partial charge on any atom is 0.258 e. The molecule has 2 aliphatic heterocycles. The Morgan fingerprint density at radius 2 is 1.93 bits per heavy atom. The monoisotopic (exact) mass is 372 g/mol. The van der Waals surface area contributed by atoms with Crippen molar-refractivity contribution in [3.05, 3.63) is 30.4 Å². The molecule has 0 spiro atoms. The number of piperidine rings is 1. The molecular weight excluding hydrogens is 344 g/mol. The van der Waals surface area contributed by atoms with Crippen LogP contribution in [-0.2, 0) is 14.9 Å². The molecule has 0 aromatic carbocycles. The summed E-state index contributed by atoms with van der Waals surface area (Å²) in [6.45, 7) is 4.60. The second kappa shape index (κ2) is 8.46. The number of nitrogens with zero attached hydrogens (tertiary/aromatic N) is 4. The quantitative estimate of drug-likeness (QED) is 0.772. The van der Waals surface area contributed by atoms with E-state index < -0.39 is 0 Å². The lowest BCUT2D eigenvalue weighted by molar-refractivity contribution is 0.0121. The molecule has 0 aliphatic carbocycles. The van der Waals surface area contributed by atoms with E-state index in [1.165, 1.54) is 0 Å². The van der Waals surface area contributed by atoms with Crippen LogP contribution < -0.4 is 0 Å². The van der Waals surface area contributed by atoms with Gasteiger partial charge in [-0.15, -0.1) is 0 Å². The van der Waals surface area contributed by atoms with Crippen LogP contribution in [0.2, 0.25) is 0 Å². The third-order valence-corrected chi connectivity index (χ3v) is 6.07. The summed E-state index contributed by atoms with van der Waals surface area (Å²) in [6, 6.07) is 4.44. The zero-order valence-corrected chi connectivity index (χ0v) is 16.0. The average molecular weight is 372 g/mol. The van der Waals surface area contributed by atoms with Gasteiger partial charge in [-0.1, -0.05) is 5.16 Å². The molecule has 7 heteroatoms. The highest BCUT2D eigenvalue weighted by molar-refractivity contribution is 5.51. The summed E-state index contributed by atoms with van der Waals surface area (Å²) in [7, 11) is 1.75. The number of likely N-dealkylation sites (tertiary alicyclic amines) is 1. The Kier molecular flexibility index (Phi) is 5.80. The first-order valence-corrected chi connectivity index (χ1v) is 9.86. The molecule has 2 fully saturated rings. The van der Waals surface area contributed by atoms with Crippen LogP contribution in [0.3, 0.4) is 0 Å². The Balaban J connectivity index is 1.51. The number of hydrogen-bond donors (Lipinski definition) is 0. The molecule has 0 radical (unpaired) electrons. The molecule has 0 amide bonds. The van der Waals surface area contributed by atoms with E-state index in [-0.39, 0.29) is 5.41 Å². The van der Waals surface area contributed by atoms with Crippen LogP contribution in [0.5, 0.6) is 0 Å². The molecule has 0 bridgehead atoms. The molecule has 0 saturated carbocycles. The van der Waals surface area contributed by atoms with E-state index >= 15 is 0 Å². The fraction of sp³-hybridized carbons (Fsp3) is 0.650. The SMILES string of the molecule is COCCC1(c2noc(-c3ccncc3)n2)CCN(C2CCOCC2)CC1. The predicted octanol–water partition coefficient (Wildman–Crippen LogP) is 2.68. The van der Waals surface area contributed by atoms with E-state index in [4.69, 9.17) is 19.0 Å². The van der Waals surface area contributed by atoms with Crippen molar-refractivity contribution >= 4 is 0 Å². The van der Waals surface area contributed by atoms with Crippen molar-refractivity contribution in [2.24, 2.45) is 0 Å². The van der Waals surface area contributed by atoms with Gasteiger partial charge < -0.3 is 18.9 Å². The summed E-state index contributed by atoms with van der Waals surface area (Å²) in [5, 5.41) is 4.38. The number of rotatable bonds is 6. The van der Waals surface area contributed by atoms with Gasteiger partial charge >= 0.3 is 0 Å². The lowest BCUT2D eigenvalue weighted by atomic mass is 9.74. The van der Waals surface area contributed by atoms with Gasteiger partial charge in [-0.25, -0.2) is 0 Å². The van der Waals surface area contributed by atoms with Crippen molar-refractivity contribution in [3.63, 3.8) is 0 Å². The van der Waals surface area contributed by atoms with Gasteiger partial charge in [0.1, 0.15) is 0 Å². The second-order valence-corrected chi connectivity index (χ2v) is 7.56. The van der Waals surface area contributed by atoms with Gasteiger partial charge in [0.15, 0.2) is 5.82 Å². The van der Waals surface area contributed by atoms with Crippen molar-refractivity contribution in [1.82, 2.24) is 20.0 Å². The van der Waals surface area contributed by atoms with E-state index in [1.54, 1.807) is 19.5 Å². The van der Waals surface area contributed by atoms with E-state index in [0.717, 1.165) is 69.8 Å². The summed E-state index contributed by atoms with van der Waals surface area (Å²) in [5.74, 6) is 1.38. The first-order chi connectivity index (χ1) is 13.3. The lowest BCUT2D eigenvalue weighted by Crippen LogP contribution is -2.49. The standard InChI is InChI=1S/C20H28N4O3/c1-25-15-8-20(6-11-24(12-7-20)17-4-13-26-14-5-17)19-22-18(27-23-19)16-2-9-21-10-3-16/h2-3,9-10,17H,4-8,11-15H2,1H3. The van der Waals surface area contributed by atoms with Crippen molar-refractivity contribution in [3.8, 4) is 11.5 Å². The molecule has 2 aliphatic rings. The van der Waals surface area contributed by atoms with Gasteiger partial charge in [0, 0.05) is 56.3 Å². The first kappa shape index (κ1) is 18.5. The smallest absolute Gasteiger partial charge is 0.258 e. The van der Waals surface area contributed by atoms with E-state index in [0.29, 0.717) is 18.5 Å². The Morgan fingerprint density at radius 3 is 2.63 bits per heavy atom. The topological polar surface area (TPSA) is 73.5 Å². The van der Waals surface area contributed by atoms with Gasteiger partial charge in [0.05, 0.1) is 0 Å².